The first-order chi connectivity index (χ1) is 10.7. The molecule has 110 valence electrons. The van der Waals surface area contributed by atoms with Gasteiger partial charge in [-0.3, -0.25) is 14.7 Å². The number of carbonyl (C=O) groups is 1. The highest BCUT2D eigenvalue weighted by atomic mass is 16.5. The number of carbonyl (C=O) groups excluding carboxylic acids is 1. The fraction of sp³-hybridized carbons (Fsp3) is 0.133. The van der Waals surface area contributed by atoms with Crippen molar-refractivity contribution in [3.05, 3.63) is 57.6 Å². The van der Waals surface area contributed by atoms with Gasteiger partial charge in [-0.1, -0.05) is 29.4 Å². The van der Waals surface area contributed by atoms with Gasteiger partial charge < -0.3 is 14.9 Å². The van der Waals surface area contributed by atoms with Crippen LogP contribution in [-0.2, 0) is 12.8 Å². The zero-order valence-corrected chi connectivity index (χ0v) is 11.5. The second-order valence-corrected chi connectivity index (χ2v) is 5.11. The van der Waals surface area contributed by atoms with Crippen molar-refractivity contribution >= 4 is 11.6 Å². The minimum absolute atomic E-state index is 0.151. The van der Waals surface area contributed by atoms with Gasteiger partial charge in [0.2, 0.25) is 0 Å². The van der Waals surface area contributed by atoms with Gasteiger partial charge in [0.15, 0.2) is 11.5 Å². The van der Waals surface area contributed by atoms with Gasteiger partial charge in [-0.25, -0.2) is 0 Å². The Balaban J connectivity index is 1.71. The molecule has 0 spiro atoms. The second-order valence-electron chi connectivity index (χ2n) is 5.11. The monoisotopic (exact) mass is 296 g/mol. The summed E-state index contributed by atoms with van der Waals surface area (Å²) in [5.41, 5.74) is 2.91. The minimum Gasteiger partial charge on any atom is -0.355 e. The van der Waals surface area contributed by atoms with E-state index in [1.807, 2.05) is 24.3 Å². The quantitative estimate of drug-likeness (QED) is 0.669. The van der Waals surface area contributed by atoms with Crippen molar-refractivity contribution in [1.29, 1.82) is 0 Å². The molecule has 0 fully saturated rings. The van der Waals surface area contributed by atoms with Crippen molar-refractivity contribution < 1.29 is 9.32 Å². The largest absolute Gasteiger partial charge is 0.355 e. The number of aromatic amines is 2. The second kappa shape index (κ2) is 4.73. The molecule has 0 saturated heterocycles. The van der Waals surface area contributed by atoms with Crippen LogP contribution in [0, 0.1) is 0 Å². The molecule has 7 nitrogen and oxygen atoms in total. The molecule has 0 bridgehead atoms. The summed E-state index contributed by atoms with van der Waals surface area (Å²) in [7, 11) is 0. The summed E-state index contributed by atoms with van der Waals surface area (Å²) in [4.78, 5) is 23.7. The average Bonchev–Trinajstić information content (AvgIpc) is 3.14. The van der Waals surface area contributed by atoms with Gasteiger partial charge in [-0.2, -0.15) is 0 Å². The molecular weight excluding hydrogens is 284 g/mol. The Hall–Kier alpha value is -3.09. The van der Waals surface area contributed by atoms with E-state index in [0.717, 1.165) is 17.5 Å². The van der Waals surface area contributed by atoms with Crippen molar-refractivity contribution in [2.24, 2.45) is 0 Å². The molecule has 4 rings (SSSR count). The van der Waals surface area contributed by atoms with Crippen molar-refractivity contribution in [1.82, 2.24) is 15.4 Å². The molecule has 0 unspecified atom stereocenters. The number of fused-ring (bicyclic) bond motifs is 3. The third kappa shape index (κ3) is 1.86. The van der Waals surface area contributed by atoms with E-state index in [1.165, 1.54) is 11.8 Å². The molecule has 22 heavy (non-hydrogen) atoms. The van der Waals surface area contributed by atoms with Gasteiger partial charge in [0, 0.05) is 17.3 Å². The number of amides is 1. The summed E-state index contributed by atoms with van der Waals surface area (Å²) in [5.74, 6) is 0.185. The van der Waals surface area contributed by atoms with Crippen LogP contribution in [0.4, 0.5) is 5.69 Å². The molecule has 3 aromatic rings. The van der Waals surface area contributed by atoms with Gasteiger partial charge >= 0.3 is 0 Å². The Morgan fingerprint density at radius 1 is 1.27 bits per heavy atom. The molecule has 0 atom stereocenters. The third-order valence-corrected chi connectivity index (χ3v) is 3.80. The summed E-state index contributed by atoms with van der Waals surface area (Å²) < 4.78 is 5.38. The topological polar surface area (TPSA) is 104 Å². The predicted molar refractivity (Wildman–Crippen MR) is 78.7 cm³/mol. The highest BCUT2D eigenvalue weighted by Gasteiger charge is 2.27. The molecule has 0 aliphatic heterocycles. The Bertz CT molecular complexity index is 919. The van der Waals surface area contributed by atoms with Crippen LogP contribution in [0.1, 0.15) is 21.6 Å². The number of aromatic nitrogens is 3. The predicted octanol–water partition coefficient (Wildman–Crippen LogP) is 1.71. The SMILES string of the molecule is O=C(Nc1c[nH][nH]c1=O)c1noc2c1CCc1ccccc1-2. The van der Waals surface area contributed by atoms with Gasteiger partial charge in [0.25, 0.3) is 11.5 Å². The molecule has 7 heteroatoms. The highest BCUT2D eigenvalue weighted by Crippen LogP contribution is 2.35. The molecular formula is C15H12N4O3. The van der Waals surface area contributed by atoms with Gasteiger partial charge in [0.05, 0.1) is 0 Å². The number of benzene rings is 1. The van der Waals surface area contributed by atoms with Gasteiger partial charge in [0.1, 0.15) is 5.69 Å². The molecule has 2 aromatic heterocycles. The maximum Gasteiger partial charge on any atom is 0.287 e. The third-order valence-electron chi connectivity index (χ3n) is 3.80. The van der Waals surface area contributed by atoms with Crippen LogP contribution in [0.25, 0.3) is 11.3 Å². The van der Waals surface area contributed by atoms with Crippen molar-refractivity contribution in [3.8, 4) is 11.3 Å². The molecule has 1 aliphatic carbocycles. The number of hydrogen-bond donors (Lipinski definition) is 3. The number of H-pyrrole nitrogens is 2. The molecule has 1 amide bonds. The van der Waals surface area contributed by atoms with E-state index in [4.69, 9.17) is 4.52 Å². The van der Waals surface area contributed by atoms with Crippen LogP contribution >= 0.6 is 0 Å². The first kappa shape index (κ1) is 12.6. The number of aryl methyl sites for hydroxylation is 1. The number of anilines is 1. The zero-order valence-electron chi connectivity index (χ0n) is 11.5. The lowest BCUT2D eigenvalue weighted by molar-refractivity contribution is 0.101. The maximum atomic E-state index is 12.3. The van der Waals surface area contributed by atoms with E-state index < -0.39 is 11.5 Å². The number of nitrogens with one attached hydrogen (secondary N) is 3. The number of nitrogens with zero attached hydrogens (tertiary/aromatic N) is 1. The van der Waals surface area contributed by atoms with E-state index in [9.17, 15) is 9.59 Å². The standard InChI is InChI=1S/C15H12N4O3/c20-14-11(7-16-18-14)17-15(21)12-10-6-5-8-3-1-2-4-9(8)13(10)22-19-12/h1-4,7H,5-6H2,(H,17,21)(H2,16,18,20). The molecule has 3 N–H and O–H groups in total. The summed E-state index contributed by atoms with van der Waals surface area (Å²) >= 11 is 0. The number of hydrogen-bond acceptors (Lipinski definition) is 4. The maximum absolute atomic E-state index is 12.3. The Kier molecular flexibility index (Phi) is 2.72. The molecule has 2 heterocycles. The summed E-state index contributed by atoms with van der Waals surface area (Å²) in [6, 6.07) is 7.90. The van der Waals surface area contributed by atoms with Gasteiger partial charge in [-0.05, 0) is 18.4 Å². The van der Waals surface area contributed by atoms with Crippen LogP contribution in [0.15, 0.2) is 39.8 Å². The van der Waals surface area contributed by atoms with Crippen LogP contribution in [0.3, 0.4) is 0 Å². The van der Waals surface area contributed by atoms with E-state index in [2.05, 4.69) is 20.7 Å². The van der Waals surface area contributed by atoms with Gasteiger partial charge in [-0.15, -0.1) is 0 Å². The Morgan fingerprint density at radius 3 is 2.95 bits per heavy atom. The lowest BCUT2D eigenvalue weighted by Crippen LogP contribution is -2.19. The first-order valence-corrected chi connectivity index (χ1v) is 6.88. The van der Waals surface area contributed by atoms with E-state index in [0.29, 0.717) is 12.2 Å². The van der Waals surface area contributed by atoms with Crippen LogP contribution in [0.5, 0.6) is 0 Å². The van der Waals surface area contributed by atoms with Crippen LogP contribution in [-0.4, -0.2) is 21.3 Å². The Labute approximate surface area is 124 Å². The minimum atomic E-state index is -0.450. The number of rotatable bonds is 2. The van der Waals surface area contributed by atoms with Crippen molar-refractivity contribution in [2.75, 3.05) is 5.32 Å². The van der Waals surface area contributed by atoms with Crippen molar-refractivity contribution in [2.45, 2.75) is 12.8 Å². The fourth-order valence-electron chi connectivity index (χ4n) is 2.73. The summed E-state index contributed by atoms with van der Waals surface area (Å²) in [6.45, 7) is 0. The lowest BCUT2D eigenvalue weighted by Gasteiger charge is -2.14. The zero-order chi connectivity index (χ0) is 15.1. The first-order valence-electron chi connectivity index (χ1n) is 6.88. The Morgan fingerprint density at radius 2 is 2.14 bits per heavy atom. The molecule has 1 aliphatic rings. The summed E-state index contributed by atoms with van der Waals surface area (Å²) in [6.07, 6.45) is 2.90. The van der Waals surface area contributed by atoms with E-state index in [-0.39, 0.29) is 11.4 Å². The summed E-state index contributed by atoms with van der Waals surface area (Å²) in [5, 5.41) is 11.3. The fourth-order valence-corrected chi connectivity index (χ4v) is 2.73. The lowest BCUT2D eigenvalue weighted by atomic mass is 9.89. The van der Waals surface area contributed by atoms with E-state index >= 15 is 0 Å². The molecule has 0 radical (unpaired) electrons. The normalized spacial score (nSPS) is 12.5. The van der Waals surface area contributed by atoms with E-state index in [1.54, 1.807) is 0 Å². The van der Waals surface area contributed by atoms with Crippen molar-refractivity contribution in [3.63, 3.8) is 0 Å². The smallest absolute Gasteiger partial charge is 0.287 e. The average molecular weight is 296 g/mol. The highest BCUT2D eigenvalue weighted by molar-refractivity contribution is 6.04. The molecule has 1 aromatic carbocycles. The van der Waals surface area contributed by atoms with Crippen LogP contribution < -0.4 is 10.9 Å². The molecule has 0 saturated carbocycles. The van der Waals surface area contributed by atoms with Crippen LogP contribution in [0.2, 0.25) is 0 Å².